The lowest BCUT2D eigenvalue weighted by Gasteiger charge is -2.47. The number of piperidine rings is 1. The van der Waals surface area contributed by atoms with Crippen molar-refractivity contribution in [1.29, 1.82) is 0 Å². The van der Waals surface area contributed by atoms with E-state index in [2.05, 4.69) is 0 Å². The van der Waals surface area contributed by atoms with Crippen LogP contribution in [-0.4, -0.2) is 47.2 Å². The molecule has 3 unspecified atom stereocenters. The van der Waals surface area contributed by atoms with Crippen molar-refractivity contribution in [3.05, 3.63) is 0 Å². The molecular formula is C16H27NO4. The predicted octanol–water partition coefficient (Wildman–Crippen LogP) is 2.44. The fraction of sp³-hybridized carbons (Fsp3) is 0.875. The van der Waals surface area contributed by atoms with Gasteiger partial charge in [-0.05, 0) is 44.9 Å². The summed E-state index contributed by atoms with van der Waals surface area (Å²) in [6.45, 7) is 3.15. The largest absolute Gasteiger partial charge is 0.480 e. The van der Waals surface area contributed by atoms with Gasteiger partial charge in [-0.15, -0.1) is 0 Å². The van der Waals surface area contributed by atoms with E-state index in [-0.39, 0.29) is 11.9 Å². The molecule has 2 fully saturated rings. The van der Waals surface area contributed by atoms with Gasteiger partial charge in [0, 0.05) is 25.7 Å². The molecule has 1 amide bonds. The van der Waals surface area contributed by atoms with E-state index in [1.54, 1.807) is 4.90 Å². The molecule has 5 nitrogen and oxygen atoms in total. The van der Waals surface area contributed by atoms with Gasteiger partial charge in [-0.2, -0.15) is 0 Å². The molecule has 1 heterocycles. The predicted molar refractivity (Wildman–Crippen MR) is 79.0 cm³/mol. The molecular weight excluding hydrogens is 270 g/mol. The number of amides is 1. The molecule has 0 aromatic carbocycles. The van der Waals surface area contributed by atoms with E-state index >= 15 is 0 Å². The molecule has 0 spiro atoms. The Morgan fingerprint density at radius 3 is 2.67 bits per heavy atom. The molecule has 0 radical (unpaired) electrons. The number of carbonyl (C=O) groups is 2. The number of hydrogen-bond donors (Lipinski definition) is 1. The third-order valence-corrected chi connectivity index (χ3v) is 4.83. The van der Waals surface area contributed by atoms with Gasteiger partial charge in [0.1, 0.15) is 6.04 Å². The van der Waals surface area contributed by atoms with Crippen LogP contribution < -0.4 is 0 Å². The van der Waals surface area contributed by atoms with Crippen LogP contribution in [0.25, 0.3) is 0 Å². The zero-order chi connectivity index (χ0) is 15.2. The maximum Gasteiger partial charge on any atom is 0.326 e. The molecule has 2 rings (SSSR count). The van der Waals surface area contributed by atoms with E-state index < -0.39 is 12.0 Å². The van der Waals surface area contributed by atoms with Crippen LogP contribution in [-0.2, 0) is 14.3 Å². The highest BCUT2D eigenvalue weighted by molar-refractivity contribution is 5.84. The highest BCUT2D eigenvalue weighted by Gasteiger charge is 2.43. The molecule has 1 saturated carbocycles. The van der Waals surface area contributed by atoms with Crippen molar-refractivity contribution >= 4 is 11.9 Å². The van der Waals surface area contributed by atoms with E-state index in [4.69, 9.17) is 4.74 Å². The van der Waals surface area contributed by atoms with Crippen molar-refractivity contribution in [2.75, 3.05) is 13.2 Å². The van der Waals surface area contributed by atoms with Gasteiger partial charge in [-0.25, -0.2) is 4.79 Å². The summed E-state index contributed by atoms with van der Waals surface area (Å²) in [6, 6.07) is -0.475. The summed E-state index contributed by atoms with van der Waals surface area (Å²) in [5, 5.41) is 9.44. The quantitative estimate of drug-likeness (QED) is 0.765. The first kappa shape index (κ1) is 16.3. The number of ether oxygens (including phenoxy) is 1. The number of hydrogen-bond acceptors (Lipinski definition) is 3. The lowest BCUT2D eigenvalue weighted by Crippen LogP contribution is -2.57. The number of nitrogens with zero attached hydrogens (tertiary/aromatic N) is 1. The molecule has 1 saturated heterocycles. The summed E-state index contributed by atoms with van der Waals surface area (Å²) in [5.74, 6) is -0.346. The Hall–Kier alpha value is -1.10. The molecule has 1 aliphatic heterocycles. The number of rotatable bonds is 6. The maximum atomic E-state index is 12.5. The van der Waals surface area contributed by atoms with Crippen LogP contribution in [0, 0.1) is 5.92 Å². The van der Waals surface area contributed by atoms with E-state index in [9.17, 15) is 14.7 Å². The average molecular weight is 297 g/mol. The topological polar surface area (TPSA) is 66.8 Å². The Morgan fingerprint density at radius 1 is 1.19 bits per heavy atom. The summed E-state index contributed by atoms with van der Waals surface area (Å²) in [4.78, 5) is 25.7. The SMILES string of the molecule is CCOCCCC(=O)N1C(C(=O)O)CCC2CCCCC21. The van der Waals surface area contributed by atoms with Crippen LogP contribution in [0.3, 0.4) is 0 Å². The standard InChI is InChI=1S/C16H27NO4/c1-2-21-11-5-8-15(18)17-13-7-4-3-6-12(13)9-10-14(17)16(19)20/h12-14H,2-11H2,1H3,(H,19,20). The van der Waals surface area contributed by atoms with Gasteiger partial charge in [0.25, 0.3) is 0 Å². The highest BCUT2D eigenvalue weighted by atomic mass is 16.5. The average Bonchev–Trinajstić information content (AvgIpc) is 2.50. The van der Waals surface area contributed by atoms with Crippen LogP contribution in [0.2, 0.25) is 0 Å². The van der Waals surface area contributed by atoms with Gasteiger partial charge < -0.3 is 14.7 Å². The molecule has 1 N–H and O–H groups in total. The fourth-order valence-electron chi connectivity index (χ4n) is 3.83. The zero-order valence-corrected chi connectivity index (χ0v) is 12.9. The molecule has 5 heteroatoms. The lowest BCUT2D eigenvalue weighted by atomic mass is 9.76. The highest BCUT2D eigenvalue weighted by Crippen LogP contribution is 2.38. The van der Waals surface area contributed by atoms with Crippen LogP contribution in [0.15, 0.2) is 0 Å². The van der Waals surface area contributed by atoms with E-state index in [1.165, 1.54) is 6.42 Å². The summed E-state index contributed by atoms with van der Waals surface area (Å²) in [5.41, 5.74) is 0. The van der Waals surface area contributed by atoms with Gasteiger partial charge in [-0.3, -0.25) is 4.79 Å². The minimum atomic E-state index is -0.850. The second kappa shape index (κ2) is 7.78. The van der Waals surface area contributed by atoms with Crippen LogP contribution in [0.1, 0.15) is 58.3 Å². The number of carboxylic acids is 1. The number of carboxylic acid groups (broad SMARTS) is 1. The van der Waals surface area contributed by atoms with Crippen molar-refractivity contribution in [2.45, 2.75) is 70.4 Å². The number of aliphatic carboxylic acids is 1. The van der Waals surface area contributed by atoms with Gasteiger partial charge in [0.05, 0.1) is 0 Å². The minimum absolute atomic E-state index is 0.00120. The molecule has 0 aromatic heterocycles. The van der Waals surface area contributed by atoms with Crippen molar-refractivity contribution < 1.29 is 19.4 Å². The summed E-state index contributed by atoms with van der Waals surface area (Å²) < 4.78 is 5.27. The Balaban J connectivity index is 2.01. The van der Waals surface area contributed by atoms with Crippen LogP contribution in [0.4, 0.5) is 0 Å². The van der Waals surface area contributed by atoms with Crippen molar-refractivity contribution in [3.63, 3.8) is 0 Å². The lowest BCUT2D eigenvalue weighted by molar-refractivity contribution is -0.158. The number of carbonyl (C=O) groups excluding carboxylic acids is 1. The Bertz CT molecular complexity index is 371. The first-order chi connectivity index (χ1) is 10.1. The molecule has 120 valence electrons. The third-order valence-electron chi connectivity index (χ3n) is 4.83. The molecule has 3 atom stereocenters. The normalized spacial score (nSPS) is 29.0. The fourth-order valence-corrected chi connectivity index (χ4v) is 3.83. The van der Waals surface area contributed by atoms with E-state index in [0.717, 1.165) is 25.7 Å². The maximum absolute atomic E-state index is 12.5. The third kappa shape index (κ3) is 3.96. The summed E-state index contributed by atoms with van der Waals surface area (Å²) in [7, 11) is 0. The van der Waals surface area contributed by atoms with Gasteiger partial charge >= 0.3 is 5.97 Å². The second-order valence-electron chi connectivity index (χ2n) is 6.14. The van der Waals surface area contributed by atoms with Crippen molar-refractivity contribution in [3.8, 4) is 0 Å². The van der Waals surface area contributed by atoms with Crippen LogP contribution in [0.5, 0.6) is 0 Å². The first-order valence-corrected chi connectivity index (χ1v) is 8.26. The van der Waals surface area contributed by atoms with Gasteiger partial charge in [-0.1, -0.05) is 12.8 Å². The Kier molecular flexibility index (Phi) is 6.03. The van der Waals surface area contributed by atoms with Crippen molar-refractivity contribution in [1.82, 2.24) is 4.90 Å². The van der Waals surface area contributed by atoms with E-state index in [1.807, 2.05) is 6.92 Å². The Morgan fingerprint density at radius 2 is 1.95 bits per heavy atom. The van der Waals surface area contributed by atoms with Gasteiger partial charge in [0.15, 0.2) is 0 Å². The molecule has 2 aliphatic rings. The molecule has 0 aromatic rings. The monoisotopic (exact) mass is 297 g/mol. The first-order valence-electron chi connectivity index (χ1n) is 8.26. The van der Waals surface area contributed by atoms with E-state index in [0.29, 0.717) is 38.4 Å². The van der Waals surface area contributed by atoms with Gasteiger partial charge in [0.2, 0.25) is 5.91 Å². The number of likely N-dealkylation sites (tertiary alicyclic amines) is 1. The minimum Gasteiger partial charge on any atom is -0.480 e. The summed E-state index contributed by atoms with van der Waals surface area (Å²) in [6.07, 6.45) is 7.05. The zero-order valence-electron chi connectivity index (χ0n) is 12.9. The molecule has 21 heavy (non-hydrogen) atoms. The summed E-state index contributed by atoms with van der Waals surface area (Å²) >= 11 is 0. The Labute approximate surface area is 126 Å². The van der Waals surface area contributed by atoms with Crippen LogP contribution >= 0.6 is 0 Å². The van der Waals surface area contributed by atoms with Crippen molar-refractivity contribution in [2.24, 2.45) is 5.92 Å². The second-order valence-corrected chi connectivity index (χ2v) is 6.14. The molecule has 0 bridgehead atoms. The molecule has 1 aliphatic carbocycles. The number of fused-ring (bicyclic) bond motifs is 1. The smallest absolute Gasteiger partial charge is 0.326 e.